The van der Waals surface area contributed by atoms with Gasteiger partial charge in [-0.15, -0.1) is 0 Å². The third-order valence-corrected chi connectivity index (χ3v) is 5.14. The fourth-order valence-corrected chi connectivity index (χ4v) is 3.53. The van der Waals surface area contributed by atoms with Crippen LogP contribution in [0.1, 0.15) is 51.3 Å². The van der Waals surface area contributed by atoms with E-state index in [4.69, 9.17) is 0 Å². The molecule has 1 saturated heterocycles. The molecule has 1 aromatic rings. The van der Waals surface area contributed by atoms with Crippen LogP contribution in [-0.2, 0) is 0 Å². The van der Waals surface area contributed by atoms with Crippen LogP contribution < -0.4 is 5.32 Å². The van der Waals surface area contributed by atoms with Gasteiger partial charge in [0.25, 0.3) is 0 Å². The molecule has 1 aliphatic rings. The van der Waals surface area contributed by atoms with Crippen LogP contribution in [0.3, 0.4) is 0 Å². The smallest absolute Gasteiger partial charge is 0.0322 e. The Hall–Kier alpha value is -0.860. The zero-order valence-electron chi connectivity index (χ0n) is 13.7. The van der Waals surface area contributed by atoms with Gasteiger partial charge in [0.1, 0.15) is 0 Å². The van der Waals surface area contributed by atoms with Gasteiger partial charge in [-0.25, -0.2) is 0 Å². The Balaban J connectivity index is 2.07. The van der Waals surface area contributed by atoms with Crippen LogP contribution in [0.5, 0.6) is 0 Å². The summed E-state index contributed by atoms with van der Waals surface area (Å²) >= 11 is 0. The number of rotatable bonds is 4. The van der Waals surface area contributed by atoms with Crippen molar-refractivity contribution in [3.8, 4) is 0 Å². The van der Waals surface area contributed by atoms with Gasteiger partial charge in [0.05, 0.1) is 0 Å². The quantitative estimate of drug-likeness (QED) is 0.899. The lowest BCUT2D eigenvalue weighted by Gasteiger charge is -2.46. The molecular formula is C18H30N2. The van der Waals surface area contributed by atoms with Gasteiger partial charge in [-0.3, -0.25) is 4.90 Å². The van der Waals surface area contributed by atoms with Gasteiger partial charge < -0.3 is 5.32 Å². The highest BCUT2D eigenvalue weighted by molar-refractivity contribution is 5.24. The fourth-order valence-electron chi connectivity index (χ4n) is 3.53. The van der Waals surface area contributed by atoms with Gasteiger partial charge in [0.15, 0.2) is 0 Å². The molecular weight excluding hydrogens is 244 g/mol. The third-order valence-electron chi connectivity index (χ3n) is 5.14. The third kappa shape index (κ3) is 3.24. The van der Waals surface area contributed by atoms with Crippen LogP contribution in [0, 0.1) is 12.8 Å². The second-order valence-corrected chi connectivity index (χ2v) is 6.38. The first-order valence-corrected chi connectivity index (χ1v) is 8.10. The van der Waals surface area contributed by atoms with Crippen molar-refractivity contribution in [3.05, 3.63) is 35.4 Å². The van der Waals surface area contributed by atoms with Gasteiger partial charge in [-0.2, -0.15) is 0 Å². The van der Waals surface area contributed by atoms with Crippen molar-refractivity contribution in [2.24, 2.45) is 5.92 Å². The summed E-state index contributed by atoms with van der Waals surface area (Å²) in [7, 11) is 0. The molecule has 0 spiro atoms. The average molecular weight is 274 g/mol. The van der Waals surface area contributed by atoms with E-state index in [9.17, 15) is 0 Å². The molecule has 1 aromatic carbocycles. The number of benzene rings is 1. The highest BCUT2D eigenvalue weighted by atomic mass is 15.2. The number of hydrogen-bond acceptors (Lipinski definition) is 2. The van der Waals surface area contributed by atoms with E-state index in [1.165, 1.54) is 24.1 Å². The van der Waals surface area contributed by atoms with Crippen molar-refractivity contribution in [1.82, 2.24) is 10.2 Å². The van der Waals surface area contributed by atoms with Gasteiger partial charge >= 0.3 is 0 Å². The summed E-state index contributed by atoms with van der Waals surface area (Å²) in [6.45, 7) is 13.8. The van der Waals surface area contributed by atoms with Crippen LogP contribution in [-0.4, -0.2) is 30.1 Å². The molecule has 0 amide bonds. The van der Waals surface area contributed by atoms with Gasteiger partial charge in [0.2, 0.25) is 0 Å². The monoisotopic (exact) mass is 274 g/mol. The lowest BCUT2D eigenvalue weighted by Crippen LogP contribution is -2.53. The first-order valence-electron chi connectivity index (χ1n) is 8.10. The van der Waals surface area contributed by atoms with Crippen LogP contribution in [0.2, 0.25) is 0 Å². The molecule has 20 heavy (non-hydrogen) atoms. The van der Waals surface area contributed by atoms with Crippen molar-refractivity contribution in [2.45, 2.75) is 59.2 Å². The first-order chi connectivity index (χ1) is 9.54. The van der Waals surface area contributed by atoms with E-state index in [0.29, 0.717) is 24.0 Å². The van der Waals surface area contributed by atoms with Crippen LogP contribution in [0.4, 0.5) is 0 Å². The van der Waals surface area contributed by atoms with Crippen LogP contribution >= 0.6 is 0 Å². The lowest BCUT2D eigenvalue weighted by molar-refractivity contribution is 0.0529. The molecule has 1 heterocycles. The minimum atomic E-state index is 0.510. The topological polar surface area (TPSA) is 15.3 Å². The molecule has 1 aliphatic heterocycles. The molecule has 2 heteroatoms. The second kappa shape index (κ2) is 6.73. The molecule has 0 saturated carbocycles. The number of nitrogens with one attached hydrogen (secondary N) is 1. The Morgan fingerprint density at radius 1 is 1.25 bits per heavy atom. The Bertz CT molecular complexity index is 412. The lowest BCUT2D eigenvalue weighted by atomic mass is 9.85. The highest BCUT2D eigenvalue weighted by Crippen LogP contribution is 2.31. The largest absolute Gasteiger partial charge is 0.314 e. The Morgan fingerprint density at radius 3 is 2.50 bits per heavy atom. The molecule has 2 nitrogen and oxygen atoms in total. The fraction of sp³-hybridized carbons (Fsp3) is 0.667. The first kappa shape index (κ1) is 15.5. The zero-order chi connectivity index (χ0) is 14.7. The molecule has 0 radical (unpaired) electrons. The molecule has 1 fully saturated rings. The van der Waals surface area contributed by atoms with Crippen LogP contribution in [0.25, 0.3) is 0 Å². The number of piperidine rings is 1. The average Bonchev–Trinajstić information content (AvgIpc) is 2.44. The molecule has 4 unspecified atom stereocenters. The highest BCUT2D eigenvalue weighted by Gasteiger charge is 2.34. The van der Waals surface area contributed by atoms with E-state index in [0.717, 1.165) is 6.54 Å². The number of aryl methyl sites for hydroxylation is 1. The summed E-state index contributed by atoms with van der Waals surface area (Å²) in [6, 6.07) is 10.8. The van der Waals surface area contributed by atoms with E-state index in [-0.39, 0.29) is 0 Å². The maximum absolute atomic E-state index is 3.64. The molecule has 0 aliphatic carbocycles. The summed E-state index contributed by atoms with van der Waals surface area (Å²) in [5.74, 6) is 0.705. The molecule has 0 aromatic heterocycles. The zero-order valence-corrected chi connectivity index (χ0v) is 13.7. The summed E-state index contributed by atoms with van der Waals surface area (Å²) in [6.07, 6.45) is 1.26. The predicted molar refractivity (Wildman–Crippen MR) is 87.0 cm³/mol. The number of nitrogens with zero attached hydrogens (tertiary/aromatic N) is 1. The summed E-state index contributed by atoms with van der Waals surface area (Å²) in [5, 5.41) is 3.64. The van der Waals surface area contributed by atoms with E-state index in [1.807, 2.05) is 0 Å². The standard InChI is InChI=1S/C18H30N2/c1-6-19-18-11-12-20(15(4)14(18)3)16(5)17-9-7-13(2)8-10-17/h7-10,14-16,18-19H,6,11-12H2,1-5H3. The predicted octanol–water partition coefficient (Wildman–Crippen LogP) is 3.76. The van der Waals surface area contributed by atoms with Crippen molar-refractivity contribution in [3.63, 3.8) is 0 Å². The van der Waals surface area contributed by atoms with Gasteiger partial charge in [0, 0.05) is 24.7 Å². The Labute approximate surface area is 124 Å². The van der Waals surface area contributed by atoms with E-state index in [2.05, 4.69) is 69.1 Å². The SMILES string of the molecule is CCNC1CCN(C(C)c2ccc(C)cc2)C(C)C1C. The molecule has 1 N–H and O–H groups in total. The van der Waals surface area contributed by atoms with Gasteiger partial charge in [-0.05, 0) is 45.2 Å². The van der Waals surface area contributed by atoms with E-state index < -0.39 is 0 Å². The molecule has 0 bridgehead atoms. The van der Waals surface area contributed by atoms with Crippen molar-refractivity contribution in [1.29, 1.82) is 0 Å². The summed E-state index contributed by atoms with van der Waals surface area (Å²) in [5.41, 5.74) is 2.78. The summed E-state index contributed by atoms with van der Waals surface area (Å²) < 4.78 is 0. The number of likely N-dealkylation sites (tertiary alicyclic amines) is 1. The normalized spacial score (nSPS) is 29.4. The summed E-state index contributed by atoms with van der Waals surface area (Å²) in [4.78, 5) is 2.67. The van der Waals surface area contributed by atoms with E-state index >= 15 is 0 Å². The van der Waals surface area contributed by atoms with Gasteiger partial charge in [-0.1, -0.05) is 43.7 Å². The minimum absolute atomic E-state index is 0.510. The maximum atomic E-state index is 3.64. The van der Waals surface area contributed by atoms with Crippen molar-refractivity contribution >= 4 is 0 Å². The van der Waals surface area contributed by atoms with Crippen molar-refractivity contribution in [2.75, 3.05) is 13.1 Å². The molecule has 4 atom stereocenters. The second-order valence-electron chi connectivity index (χ2n) is 6.38. The van der Waals surface area contributed by atoms with E-state index in [1.54, 1.807) is 0 Å². The Kier molecular flexibility index (Phi) is 5.22. The number of hydrogen-bond donors (Lipinski definition) is 1. The maximum Gasteiger partial charge on any atom is 0.0322 e. The minimum Gasteiger partial charge on any atom is -0.314 e. The molecule has 2 rings (SSSR count). The van der Waals surface area contributed by atoms with Crippen LogP contribution in [0.15, 0.2) is 24.3 Å². The molecule has 112 valence electrons. The Morgan fingerprint density at radius 2 is 1.90 bits per heavy atom. The van der Waals surface area contributed by atoms with Crippen molar-refractivity contribution < 1.29 is 0 Å².